The van der Waals surface area contributed by atoms with Gasteiger partial charge in [0, 0.05) is 6.54 Å². The molecule has 0 amide bonds. The monoisotopic (exact) mass is 274 g/mol. The lowest BCUT2D eigenvalue weighted by atomic mass is 9.80. The number of nitrogens with zero attached hydrogens (tertiary/aromatic N) is 1. The van der Waals surface area contributed by atoms with Crippen molar-refractivity contribution in [3.8, 4) is 0 Å². The summed E-state index contributed by atoms with van der Waals surface area (Å²) in [5.41, 5.74) is 3.71. The number of hydrogen-bond acceptors (Lipinski definition) is 1. The number of rotatable bonds is 2. The topological polar surface area (TPSA) is 20.7 Å². The predicted octanol–water partition coefficient (Wildman–Crippen LogP) is 4.83. The van der Waals surface area contributed by atoms with Crippen LogP contribution in [0.1, 0.15) is 38.2 Å². The van der Waals surface area contributed by atoms with Gasteiger partial charge in [-0.3, -0.25) is 0 Å². The zero-order valence-electron chi connectivity index (χ0n) is 11.8. The maximum atomic E-state index is 5.51. The minimum Gasteiger partial charge on any atom is -0.331 e. The number of aromatic amines is 1. The van der Waals surface area contributed by atoms with Crippen LogP contribution in [0, 0.1) is 23.5 Å². The molecule has 0 aliphatic heterocycles. The van der Waals surface area contributed by atoms with Gasteiger partial charge in [-0.05, 0) is 55.1 Å². The van der Waals surface area contributed by atoms with Crippen molar-refractivity contribution in [3.05, 3.63) is 28.5 Å². The summed E-state index contributed by atoms with van der Waals surface area (Å²) in [5, 5.41) is 0. The highest BCUT2D eigenvalue weighted by Crippen LogP contribution is 2.31. The van der Waals surface area contributed by atoms with Crippen LogP contribution in [-0.4, -0.2) is 9.55 Å². The van der Waals surface area contributed by atoms with E-state index in [1.54, 1.807) is 0 Å². The van der Waals surface area contributed by atoms with Crippen molar-refractivity contribution in [2.75, 3.05) is 0 Å². The Hall–Kier alpha value is -1.09. The number of fused-ring (bicyclic) bond motifs is 1. The van der Waals surface area contributed by atoms with Crippen LogP contribution in [0.15, 0.2) is 18.2 Å². The molecule has 1 aromatic carbocycles. The third kappa shape index (κ3) is 2.48. The summed E-state index contributed by atoms with van der Waals surface area (Å²) in [5.74, 6) is 1.60. The Kier molecular flexibility index (Phi) is 3.48. The van der Waals surface area contributed by atoms with Gasteiger partial charge in [-0.1, -0.05) is 32.3 Å². The molecule has 2 aromatic rings. The number of H-pyrrole nitrogens is 1. The molecular formula is C16H22N2S. The third-order valence-electron chi connectivity index (χ3n) is 4.64. The van der Waals surface area contributed by atoms with E-state index >= 15 is 0 Å². The van der Waals surface area contributed by atoms with Crippen LogP contribution in [0.4, 0.5) is 0 Å². The minimum atomic E-state index is 0.778. The molecular weight excluding hydrogens is 252 g/mol. The van der Waals surface area contributed by atoms with Crippen LogP contribution >= 0.6 is 12.2 Å². The molecule has 3 rings (SSSR count). The maximum Gasteiger partial charge on any atom is 0.178 e. The summed E-state index contributed by atoms with van der Waals surface area (Å²) in [6.07, 6.45) is 5.50. The molecule has 102 valence electrons. The van der Waals surface area contributed by atoms with E-state index in [2.05, 4.69) is 41.6 Å². The zero-order valence-corrected chi connectivity index (χ0v) is 12.6. The first-order valence-electron chi connectivity index (χ1n) is 7.34. The summed E-state index contributed by atoms with van der Waals surface area (Å²) in [4.78, 5) is 3.35. The molecule has 0 spiro atoms. The molecule has 1 aliphatic carbocycles. The lowest BCUT2D eigenvalue weighted by Crippen LogP contribution is -2.22. The van der Waals surface area contributed by atoms with E-state index < -0.39 is 0 Å². The van der Waals surface area contributed by atoms with Crippen molar-refractivity contribution in [1.29, 1.82) is 0 Å². The van der Waals surface area contributed by atoms with E-state index in [0.29, 0.717) is 0 Å². The average Bonchev–Trinajstić information content (AvgIpc) is 2.68. The van der Waals surface area contributed by atoms with E-state index in [1.807, 2.05) is 0 Å². The second kappa shape index (κ2) is 5.12. The smallest absolute Gasteiger partial charge is 0.178 e. The second-order valence-electron chi connectivity index (χ2n) is 6.08. The molecule has 1 aromatic heterocycles. The van der Waals surface area contributed by atoms with Crippen molar-refractivity contribution < 1.29 is 0 Å². The number of benzene rings is 1. The molecule has 1 fully saturated rings. The maximum absolute atomic E-state index is 5.51. The fraction of sp³-hybridized carbons (Fsp3) is 0.562. The zero-order chi connectivity index (χ0) is 13.4. The van der Waals surface area contributed by atoms with Crippen LogP contribution in [-0.2, 0) is 6.54 Å². The van der Waals surface area contributed by atoms with E-state index in [0.717, 1.165) is 23.2 Å². The number of aryl methyl sites for hydroxylation is 1. The Morgan fingerprint density at radius 2 is 2.11 bits per heavy atom. The Morgan fingerprint density at radius 3 is 2.89 bits per heavy atom. The highest BCUT2D eigenvalue weighted by molar-refractivity contribution is 7.71. The highest BCUT2D eigenvalue weighted by Gasteiger charge is 2.22. The van der Waals surface area contributed by atoms with E-state index in [9.17, 15) is 0 Å². The molecule has 0 bridgehead atoms. The summed E-state index contributed by atoms with van der Waals surface area (Å²) >= 11 is 5.51. The van der Waals surface area contributed by atoms with Crippen LogP contribution in [0.2, 0.25) is 0 Å². The molecule has 19 heavy (non-hydrogen) atoms. The first-order valence-corrected chi connectivity index (χ1v) is 7.75. The van der Waals surface area contributed by atoms with Crippen molar-refractivity contribution in [2.45, 2.75) is 46.1 Å². The Morgan fingerprint density at radius 1 is 1.32 bits per heavy atom. The fourth-order valence-corrected chi connectivity index (χ4v) is 3.64. The Balaban J connectivity index is 1.96. The SMILES string of the molecule is Cc1ccc2c(c1)[nH]c(=S)n2CC1CCCCC1C. The molecule has 0 radical (unpaired) electrons. The molecule has 0 saturated heterocycles. The van der Waals surface area contributed by atoms with E-state index in [4.69, 9.17) is 12.2 Å². The normalized spacial score (nSPS) is 23.9. The van der Waals surface area contributed by atoms with Gasteiger partial charge in [0.25, 0.3) is 0 Å². The van der Waals surface area contributed by atoms with Crippen molar-refractivity contribution in [2.24, 2.45) is 11.8 Å². The number of hydrogen-bond donors (Lipinski definition) is 1. The first kappa shape index (κ1) is 12.9. The van der Waals surface area contributed by atoms with Gasteiger partial charge in [-0.15, -0.1) is 0 Å². The van der Waals surface area contributed by atoms with Crippen molar-refractivity contribution >= 4 is 23.3 Å². The van der Waals surface area contributed by atoms with Gasteiger partial charge in [0.2, 0.25) is 0 Å². The number of imidazole rings is 1. The van der Waals surface area contributed by atoms with Gasteiger partial charge in [-0.25, -0.2) is 0 Å². The molecule has 1 aliphatic rings. The number of nitrogens with one attached hydrogen (secondary N) is 1. The molecule has 1 N–H and O–H groups in total. The van der Waals surface area contributed by atoms with E-state index in [-0.39, 0.29) is 0 Å². The van der Waals surface area contributed by atoms with Crippen LogP contribution in [0.5, 0.6) is 0 Å². The fourth-order valence-electron chi connectivity index (χ4n) is 3.36. The summed E-state index contributed by atoms with van der Waals surface area (Å²) < 4.78 is 3.18. The molecule has 1 heterocycles. The lowest BCUT2D eigenvalue weighted by Gasteiger charge is -2.29. The number of aromatic nitrogens is 2. The highest BCUT2D eigenvalue weighted by atomic mass is 32.1. The van der Waals surface area contributed by atoms with Gasteiger partial charge >= 0.3 is 0 Å². The second-order valence-corrected chi connectivity index (χ2v) is 6.47. The molecule has 2 unspecified atom stereocenters. The van der Waals surface area contributed by atoms with Gasteiger partial charge in [-0.2, -0.15) is 0 Å². The summed E-state index contributed by atoms with van der Waals surface area (Å²) in [6.45, 7) is 5.59. The summed E-state index contributed by atoms with van der Waals surface area (Å²) in [6, 6.07) is 6.56. The van der Waals surface area contributed by atoms with Gasteiger partial charge < -0.3 is 9.55 Å². The quantitative estimate of drug-likeness (QED) is 0.778. The van der Waals surface area contributed by atoms with Crippen LogP contribution in [0.25, 0.3) is 11.0 Å². The Labute approximate surface area is 119 Å². The molecule has 3 heteroatoms. The molecule has 1 saturated carbocycles. The van der Waals surface area contributed by atoms with Crippen molar-refractivity contribution in [1.82, 2.24) is 9.55 Å². The average molecular weight is 274 g/mol. The lowest BCUT2D eigenvalue weighted by molar-refractivity contribution is 0.230. The first-order chi connectivity index (χ1) is 9.15. The van der Waals surface area contributed by atoms with E-state index in [1.165, 1.54) is 42.3 Å². The van der Waals surface area contributed by atoms with Gasteiger partial charge in [0.05, 0.1) is 11.0 Å². The molecule has 2 atom stereocenters. The standard InChI is InChI=1S/C16H22N2S/c1-11-7-8-15-14(9-11)17-16(19)18(15)10-13-6-4-3-5-12(13)2/h7-9,12-13H,3-6,10H2,1-2H3,(H,17,19). The Bertz CT molecular complexity index is 638. The largest absolute Gasteiger partial charge is 0.331 e. The predicted molar refractivity (Wildman–Crippen MR) is 83.0 cm³/mol. The van der Waals surface area contributed by atoms with Crippen molar-refractivity contribution in [3.63, 3.8) is 0 Å². The summed E-state index contributed by atoms with van der Waals surface area (Å²) in [7, 11) is 0. The van der Waals surface area contributed by atoms with Gasteiger partial charge in [0.1, 0.15) is 0 Å². The minimum absolute atomic E-state index is 0.778. The van der Waals surface area contributed by atoms with Crippen LogP contribution < -0.4 is 0 Å². The van der Waals surface area contributed by atoms with Crippen LogP contribution in [0.3, 0.4) is 0 Å². The van der Waals surface area contributed by atoms with Gasteiger partial charge in [0.15, 0.2) is 4.77 Å². The molecule has 2 nitrogen and oxygen atoms in total. The third-order valence-corrected chi connectivity index (χ3v) is 4.96.